The van der Waals surface area contributed by atoms with Gasteiger partial charge in [-0.2, -0.15) is 0 Å². The summed E-state index contributed by atoms with van der Waals surface area (Å²) < 4.78 is 41.4. The third-order valence-corrected chi connectivity index (χ3v) is 2.97. The quantitative estimate of drug-likeness (QED) is 0.852. The molecule has 0 aliphatic carbocycles. The maximum Gasteiger partial charge on any atom is 0.573 e. The van der Waals surface area contributed by atoms with Crippen molar-refractivity contribution in [2.45, 2.75) is 12.8 Å². The van der Waals surface area contributed by atoms with Crippen molar-refractivity contribution >= 4 is 11.8 Å². The molecule has 0 saturated carbocycles. The number of hydrogen-bond donors (Lipinski definition) is 1. The van der Waals surface area contributed by atoms with Crippen molar-refractivity contribution in [2.75, 3.05) is 0 Å². The van der Waals surface area contributed by atoms with Gasteiger partial charge in [-0.15, -0.1) is 13.2 Å². The van der Waals surface area contributed by atoms with Crippen LogP contribution in [0.5, 0.6) is 5.75 Å². The molecule has 0 amide bonds. The van der Waals surface area contributed by atoms with Gasteiger partial charge in [0.1, 0.15) is 5.56 Å². The first-order chi connectivity index (χ1) is 10.8. The second-order valence-corrected chi connectivity index (χ2v) is 4.62. The number of halogens is 3. The predicted molar refractivity (Wildman–Crippen MR) is 74.6 cm³/mol. The lowest BCUT2D eigenvalue weighted by molar-refractivity contribution is -0.274. The summed E-state index contributed by atoms with van der Waals surface area (Å²) in [7, 11) is 0. The minimum atomic E-state index is -5.10. The molecule has 0 fully saturated rings. The van der Waals surface area contributed by atoms with Crippen LogP contribution in [0.2, 0.25) is 0 Å². The van der Waals surface area contributed by atoms with E-state index >= 15 is 0 Å². The summed E-state index contributed by atoms with van der Waals surface area (Å²) in [6.07, 6.45) is -5.27. The summed E-state index contributed by atoms with van der Waals surface area (Å²) in [4.78, 5) is 23.3. The molecule has 2 aromatic rings. The highest BCUT2D eigenvalue weighted by atomic mass is 19.4. The number of ketones is 1. The molecule has 0 unspecified atom stereocenters. The van der Waals surface area contributed by atoms with Crippen molar-refractivity contribution < 1.29 is 32.6 Å². The Morgan fingerprint density at radius 1 is 0.957 bits per heavy atom. The highest BCUT2D eigenvalue weighted by Crippen LogP contribution is 2.31. The average Bonchev–Trinajstić information content (AvgIpc) is 2.46. The number of aromatic carboxylic acids is 1. The lowest BCUT2D eigenvalue weighted by atomic mass is 10.00. The van der Waals surface area contributed by atoms with Crippen LogP contribution in [0.4, 0.5) is 13.2 Å². The molecule has 0 aliphatic heterocycles. The van der Waals surface area contributed by atoms with Crippen LogP contribution in [0.25, 0.3) is 0 Å². The van der Waals surface area contributed by atoms with Crippen molar-refractivity contribution in [3.63, 3.8) is 0 Å². The lowest BCUT2D eigenvalue weighted by Gasteiger charge is -2.15. The van der Waals surface area contributed by atoms with Gasteiger partial charge in [-0.05, 0) is 17.7 Å². The monoisotopic (exact) mass is 324 g/mol. The second kappa shape index (κ2) is 6.51. The second-order valence-electron chi connectivity index (χ2n) is 4.62. The third-order valence-electron chi connectivity index (χ3n) is 2.97. The minimum Gasteiger partial charge on any atom is -0.478 e. The normalized spacial score (nSPS) is 11.1. The van der Waals surface area contributed by atoms with Gasteiger partial charge in [-0.25, -0.2) is 4.79 Å². The minimum absolute atomic E-state index is 0.169. The Morgan fingerprint density at radius 2 is 1.57 bits per heavy atom. The Hall–Kier alpha value is -2.83. The fourth-order valence-electron chi connectivity index (χ4n) is 2.03. The molecule has 120 valence electrons. The van der Waals surface area contributed by atoms with E-state index in [4.69, 9.17) is 5.11 Å². The number of carboxylic acids is 1. The van der Waals surface area contributed by atoms with Gasteiger partial charge in [0, 0.05) is 6.42 Å². The molecule has 0 bridgehead atoms. The SMILES string of the molecule is O=C(O)c1cccc(C(=O)Cc2ccccc2)c1OC(F)(F)F. The van der Waals surface area contributed by atoms with E-state index in [9.17, 15) is 22.8 Å². The van der Waals surface area contributed by atoms with Crippen molar-refractivity contribution in [3.8, 4) is 5.75 Å². The zero-order chi connectivity index (χ0) is 17.0. The van der Waals surface area contributed by atoms with Gasteiger partial charge in [0.05, 0.1) is 5.56 Å². The van der Waals surface area contributed by atoms with E-state index in [0.29, 0.717) is 5.56 Å². The van der Waals surface area contributed by atoms with Gasteiger partial charge in [0.2, 0.25) is 0 Å². The number of carbonyl (C=O) groups is 2. The number of hydrogen-bond acceptors (Lipinski definition) is 3. The molecule has 23 heavy (non-hydrogen) atoms. The number of ether oxygens (including phenoxy) is 1. The maximum absolute atomic E-state index is 12.5. The molecular formula is C16H11F3O4. The zero-order valence-corrected chi connectivity index (χ0v) is 11.6. The molecule has 0 aliphatic rings. The number of benzene rings is 2. The number of rotatable bonds is 5. The molecule has 7 heteroatoms. The Kier molecular flexibility index (Phi) is 4.68. The maximum atomic E-state index is 12.5. The van der Waals surface area contributed by atoms with E-state index in [1.807, 2.05) is 0 Å². The molecule has 0 spiro atoms. The van der Waals surface area contributed by atoms with Crippen molar-refractivity contribution in [2.24, 2.45) is 0 Å². The van der Waals surface area contributed by atoms with E-state index in [1.165, 1.54) is 6.07 Å². The van der Waals surface area contributed by atoms with Crippen LogP contribution in [-0.2, 0) is 6.42 Å². The smallest absolute Gasteiger partial charge is 0.478 e. The van der Waals surface area contributed by atoms with Crippen LogP contribution in [-0.4, -0.2) is 23.2 Å². The molecule has 2 rings (SSSR count). The van der Waals surface area contributed by atoms with Gasteiger partial charge < -0.3 is 9.84 Å². The summed E-state index contributed by atoms with van der Waals surface area (Å²) in [5, 5.41) is 9.00. The van der Waals surface area contributed by atoms with Crippen LogP contribution >= 0.6 is 0 Å². The molecular weight excluding hydrogens is 313 g/mol. The molecule has 4 nitrogen and oxygen atoms in total. The first kappa shape index (κ1) is 16.5. The van der Waals surface area contributed by atoms with Crippen LogP contribution in [0, 0.1) is 0 Å². The fraction of sp³-hybridized carbons (Fsp3) is 0.125. The summed E-state index contributed by atoms with van der Waals surface area (Å²) in [5.41, 5.74) is -0.552. The molecule has 0 heterocycles. The van der Waals surface area contributed by atoms with E-state index in [1.54, 1.807) is 30.3 Å². The van der Waals surface area contributed by atoms with E-state index in [0.717, 1.165) is 12.1 Å². The van der Waals surface area contributed by atoms with Crippen LogP contribution in [0.3, 0.4) is 0 Å². The molecule has 0 aromatic heterocycles. The topological polar surface area (TPSA) is 63.6 Å². The largest absolute Gasteiger partial charge is 0.573 e. The predicted octanol–water partition coefficient (Wildman–Crippen LogP) is 3.71. The molecule has 2 aromatic carbocycles. The Labute approximate surface area is 129 Å². The summed E-state index contributed by atoms with van der Waals surface area (Å²) in [5.74, 6) is -3.27. The van der Waals surface area contributed by atoms with E-state index < -0.39 is 35.0 Å². The summed E-state index contributed by atoms with van der Waals surface area (Å²) in [6, 6.07) is 11.6. The van der Waals surface area contributed by atoms with Gasteiger partial charge >= 0.3 is 12.3 Å². The Bertz CT molecular complexity index is 724. The third kappa shape index (κ3) is 4.32. The van der Waals surface area contributed by atoms with Gasteiger partial charge in [-0.3, -0.25) is 4.79 Å². The molecule has 0 radical (unpaired) electrons. The zero-order valence-electron chi connectivity index (χ0n) is 11.6. The van der Waals surface area contributed by atoms with E-state index in [-0.39, 0.29) is 6.42 Å². The molecule has 1 N–H and O–H groups in total. The average molecular weight is 324 g/mol. The van der Waals surface area contributed by atoms with Gasteiger partial charge in [0.25, 0.3) is 0 Å². The first-order valence-electron chi connectivity index (χ1n) is 6.47. The number of alkyl halides is 3. The highest BCUT2D eigenvalue weighted by molar-refractivity contribution is 6.03. The Morgan fingerprint density at radius 3 is 2.13 bits per heavy atom. The first-order valence-corrected chi connectivity index (χ1v) is 6.47. The van der Waals surface area contributed by atoms with Crippen LogP contribution < -0.4 is 4.74 Å². The molecule has 0 atom stereocenters. The van der Waals surface area contributed by atoms with Crippen molar-refractivity contribution in [1.29, 1.82) is 0 Å². The summed E-state index contributed by atoms with van der Waals surface area (Å²) >= 11 is 0. The number of carboxylic acid groups (broad SMARTS) is 1. The number of Topliss-reactive ketones (excluding diaryl/α,β-unsaturated/α-hetero) is 1. The fourth-order valence-corrected chi connectivity index (χ4v) is 2.03. The lowest BCUT2D eigenvalue weighted by Crippen LogP contribution is -2.21. The van der Waals surface area contributed by atoms with Gasteiger partial charge in [-0.1, -0.05) is 36.4 Å². The highest BCUT2D eigenvalue weighted by Gasteiger charge is 2.35. The standard InChI is InChI=1S/C16H11F3O4/c17-16(18,19)23-14-11(7-4-8-12(14)15(21)22)13(20)9-10-5-2-1-3-6-10/h1-8H,9H2,(H,21,22). The van der Waals surface area contributed by atoms with Crippen molar-refractivity contribution in [3.05, 3.63) is 65.2 Å². The Balaban J connectivity index is 2.42. The van der Waals surface area contributed by atoms with Gasteiger partial charge in [0.15, 0.2) is 11.5 Å². The number of carbonyl (C=O) groups excluding carboxylic acids is 1. The van der Waals surface area contributed by atoms with E-state index in [2.05, 4.69) is 4.74 Å². The van der Waals surface area contributed by atoms with Crippen LogP contribution in [0.15, 0.2) is 48.5 Å². The number of para-hydroxylation sites is 1. The summed E-state index contributed by atoms with van der Waals surface area (Å²) in [6.45, 7) is 0. The van der Waals surface area contributed by atoms with Crippen LogP contribution in [0.1, 0.15) is 26.3 Å². The molecule has 0 saturated heterocycles. The van der Waals surface area contributed by atoms with Crippen molar-refractivity contribution in [1.82, 2.24) is 0 Å².